The number of rotatable bonds is 4. The Morgan fingerprint density at radius 2 is 2.00 bits per heavy atom. The van der Waals surface area contributed by atoms with Gasteiger partial charge < -0.3 is 10.2 Å². The van der Waals surface area contributed by atoms with Gasteiger partial charge in [0.2, 0.25) is 0 Å². The van der Waals surface area contributed by atoms with E-state index in [9.17, 15) is 0 Å². The average Bonchev–Trinajstić information content (AvgIpc) is 2.92. The maximum Gasteiger partial charge on any atom is 0.0762 e. The number of aryl methyl sites for hydroxylation is 1. The van der Waals surface area contributed by atoms with E-state index in [0.29, 0.717) is 6.04 Å². The van der Waals surface area contributed by atoms with Crippen molar-refractivity contribution >= 4 is 17.3 Å². The van der Waals surface area contributed by atoms with Crippen LogP contribution in [0.4, 0.5) is 5.69 Å². The molecule has 0 unspecified atom stereocenters. The molecule has 21 heavy (non-hydrogen) atoms. The van der Waals surface area contributed by atoms with E-state index in [1.807, 2.05) is 19.1 Å². The molecule has 1 saturated heterocycles. The third-order valence-electron chi connectivity index (χ3n) is 4.02. The highest BCUT2D eigenvalue weighted by atomic mass is 35.5. The number of hydrogen-bond donors (Lipinski definition) is 2. The van der Waals surface area contributed by atoms with Crippen molar-refractivity contribution in [1.29, 1.82) is 0 Å². The molecule has 1 fully saturated rings. The third kappa shape index (κ3) is 3.77. The van der Waals surface area contributed by atoms with Crippen LogP contribution in [-0.2, 0) is 6.54 Å². The van der Waals surface area contributed by atoms with Gasteiger partial charge in [-0.3, -0.25) is 5.10 Å². The molecule has 0 bridgehead atoms. The lowest BCUT2D eigenvalue weighted by molar-refractivity contribution is 0.412. The number of aromatic nitrogens is 2. The highest BCUT2D eigenvalue weighted by Gasteiger charge is 2.19. The highest BCUT2D eigenvalue weighted by molar-refractivity contribution is 6.30. The first kappa shape index (κ1) is 14.4. The Morgan fingerprint density at radius 3 is 2.62 bits per heavy atom. The molecule has 2 N–H and O–H groups in total. The van der Waals surface area contributed by atoms with Gasteiger partial charge >= 0.3 is 0 Å². The summed E-state index contributed by atoms with van der Waals surface area (Å²) in [7, 11) is 0. The van der Waals surface area contributed by atoms with Gasteiger partial charge in [0.25, 0.3) is 0 Å². The molecule has 0 amide bonds. The largest absolute Gasteiger partial charge is 0.371 e. The molecule has 2 heterocycles. The van der Waals surface area contributed by atoms with Crippen molar-refractivity contribution in [3.63, 3.8) is 0 Å². The molecule has 2 aromatic rings. The quantitative estimate of drug-likeness (QED) is 0.912. The van der Waals surface area contributed by atoms with Crippen LogP contribution in [0.5, 0.6) is 0 Å². The third-order valence-corrected chi connectivity index (χ3v) is 4.27. The van der Waals surface area contributed by atoms with E-state index >= 15 is 0 Å². The number of hydrogen-bond acceptors (Lipinski definition) is 3. The zero-order valence-electron chi connectivity index (χ0n) is 12.3. The number of nitrogens with one attached hydrogen (secondary N) is 2. The van der Waals surface area contributed by atoms with Gasteiger partial charge in [0.1, 0.15) is 0 Å². The summed E-state index contributed by atoms with van der Waals surface area (Å²) in [6.45, 7) is 5.04. The molecule has 0 radical (unpaired) electrons. The molecule has 0 saturated carbocycles. The number of halogens is 1. The molecule has 4 nitrogen and oxygen atoms in total. The van der Waals surface area contributed by atoms with E-state index in [0.717, 1.165) is 48.9 Å². The van der Waals surface area contributed by atoms with Crippen molar-refractivity contribution in [2.75, 3.05) is 18.0 Å². The lowest BCUT2D eigenvalue weighted by Crippen LogP contribution is -2.42. The normalized spacial score (nSPS) is 16.4. The predicted molar refractivity (Wildman–Crippen MR) is 86.9 cm³/mol. The Balaban J connectivity index is 1.47. The highest BCUT2D eigenvalue weighted by Crippen LogP contribution is 2.22. The van der Waals surface area contributed by atoms with Crippen molar-refractivity contribution in [2.24, 2.45) is 0 Å². The minimum Gasteiger partial charge on any atom is -0.371 e. The Hall–Kier alpha value is -1.52. The van der Waals surface area contributed by atoms with Crippen molar-refractivity contribution in [2.45, 2.75) is 32.4 Å². The molecule has 1 aliphatic heterocycles. The van der Waals surface area contributed by atoms with Crippen LogP contribution >= 0.6 is 11.6 Å². The molecule has 0 atom stereocenters. The fourth-order valence-corrected chi connectivity index (χ4v) is 2.93. The van der Waals surface area contributed by atoms with E-state index in [4.69, 9.17) is 11.6 Å². The minimum absolute atomic E-state index is 0.575. The Morgan fingerprint density at radius 1 is 1.29 bits per heavy atom. The fraction of sp³-hybridized carbons (Fsp3) is 0.438. The number of nitrogens with zero attached hydrogens (tertiary/aromatic N) is 2. The van der Waals surface area contributed by atoms with E-state index in [1.54, 1.807) is 0 Å². The van der Waals surface area contributed by atoms with E-state index < -0.39 is 0 Å². The maximum absolute atomic E-state index is 5.94. The second-order valence-corrected chi connectivity index (χ2v) is 6.10. The minimum atomic E-state index is 0.575. The molecule has 5 heteroatoms. The van der Waals surface area contributed by atoms with Crippen molar-refractivity contribution in [3.8, 4) is 0 Å². The van der Waals surface area contributed by atoms with Crippen molar-refractivity contribution in [1.82, 2.24) is 15.5 Å². The topological polar surface area (TPSA) is 44.0 Å². The summed E-state index contributed by atoms with van der Waals surface area (Å²) >= 11 is 5.94. The van der Waals surface area contributed by atoms with Gasteiger partial charge in [-0.15, -0.1) is 0 Å². The maximum atomic E-state index is 5.94. The monoisotopic (exact) mass is 304 g/mol. The van der Waals surface area contributed by atoms with Gasteiger partial charge in [0, 0.05) is 42.1 Å². The van der Waals surface area contributed by atoms with E-state index in [1.165, 1.54) is 5.69 Å². The second kappa shape index (κ2) is 6.50. The summed E-state index contributed by atoms with van der Waals surface area (Å²) in [4.78, 5) is 2.42. The van der Waals surface area contributed by atoms with Gasteiger partial charge in [0.15, 0.2) is 0 Å². The SMILES string of the molecule is Cc1cc(CNC2CCN(c3ccc(Cl)cc3)CC2)n[nH]1. The smallest absolute Gasteiger partial charge is 0.0762 e. The number of benzene rings is 1. The van der Waals surface area contributed by atoms with Crippen molar-refractivity contribution < 1.29 is 0 Å². The molecule has 112 valence electrons. The lowest BCUT2D eigenvalue weighted by Gasteiger charge is -2.34. The van der Waals surface area contributed by atoms with Crippen LogP contribution in [0.1, 0.15) is 24.2 Å². The van der Waals surface area contributed by atoms with Crippen LogP contribution in [0.2, 0.25) is 5.02 Å². The molecular weight excluding hydrogens is 284 g/mol. The van der Waals surface area contributed by atoms with Gasteiger partial charge in [-0.25, -0.2) is 0 Å². The number of piperidine rings is 1. The molecule has 0 aliphatic carbocycles. The molecule has 1 aromatic carbocycles. The van der Waals surface area contributed by atoms with E-state index in [2.05, 4.69) is 38.6 Å². The molecular formula is C16H21ClN4. The number of anilines is 1. The molecule has 0 spiro atoms. The summed E-state index contributed by atoms with van der Waals surface area (Å²) < 4.78 is 0. The van der Waals surface area contributed by atoms with Crippen LogP contribution in [-0.4, -0.2) is 29.3 Å². The molecule has 1 aliphatic rings. The van der Waals surface area contributed by atoms with Crippen LogP contribution in [0.15, 0.2) is 30.3 Å². The van der Waals surface area contributed by atoms with Crippen molar-refractivity contribution in [3.05, 3.63) is 46.7 Å². The Kier molecular flexibility index (Phi) is 4.46. The fourth-order valence-electron chi connectivity index (χ4n) is 2.81. The van der Waals surface area contributed by atoms with Crippen LogP contribution in [0.25, 0.3) is 0 Å². The lowest BCUT2D eigenvalue weighted by atomic mass is 10.0. The Bertz CT molecular complexity index is 570. The van der Waals surface area contributed by atoms with Gasteiger partial charge in [-0.05, 0) is 50.1 Å². The predicted octanol–water partition coefficient (Wildman–Crippen LogP) is 3.13. The summed E-state index contributed by atoms with van der Waals surface area (Å²) in [6, 6.07) is 10.8. The van der Waals surface area contributed by atoms with Crippen LogP contribution < -0.4 is 10.2 Å². The molecule has 1 aromatic heterocycles. The van der Waals surface area contributed by atoms with Crippen LogP contribution in [0.3, 0.4) is 0 Å². The summed E-state index contributed by atoms with van der Waals surface area (Å²) in [5, 5.41) is 11.6. The first-order valence-electron chi connectivity index (χ1n) is 7.45. The average molecular weight is 305 g/mol. The first-order valence-corrected chi connectivity index (χ1v) is 7.83. The summed E-state index contributed by atoms with van der Waals surface area (Å²) in [5.74, 6) is 0. The van der Waals surface area contributed by atoms with Gasteiger partial charge in [0.05, 0.1) is 5.69 Å². The second-order valence-electron chi connectivity index (χ2n) is 5.66. The number of H-pyrrole nitrogens is 1. The molecule has 3 rings (SSSR count). The zero-order valence-corrected chi connectivity index (χ0v) is 13.0. The summed E-state index contributed by atoms with van der Waals surface area (Å²) in [6.07, 6.45) is 2.32. The standard InChI is InChI=1S/C16H21ClN4/c1-12-10-15(20-19-12)11-18-14-6-8-21(9-7-14)16-4-2-13(17)3-5-16/h2-5,10,14,18H,6-9,11H2,1H3,(H,19,20). The van der Waals surface area contributed by atoms with E-state index in [-0.39, 0.29) is 0 Å². The Labute approximate surface area is 130 Å². The zero-order chi connectivity index (χ0) is 14.7. The van der Waals surface area contributed by atoms with Gasteiger partial charge in [-0.1, -0.05) is 11.6 Å². The number of aromatic amines is 1. The van der Waals surface area contributed by atoms with Crippen LogP contribution in [0, 0.1) is 6.92 Å². The first-order chi connectivity index (χ1) is 10.2. The summed E-state index contributed by atoms with van der Waals surface area (Å²) in [5.41, 5.74) is 3.47. The van der Waals surface area contributed by atoms with Gasteiger partial charge in [-0.2, -0.15) is 5.10 Å².